The van der Waals surface area contributed by atoms with Crippen molar-refractivity contribution in [2.24, 2.45) is 0 Å². The number of rotatable bonds is 3. The number of pyridine rings is 1. The van der Waals surface area contributed by atoms with Gasteiger partial charge in [-0.1, -0.05) is 0 Å². The van der Waals surface area contributed by atoms with E-state index in [9.17, 15) is 35.9 Å². The highest BCUT2D eigenvalue weighted by Gasteiger charge is 2.34. The molecule has 0 fully saturated rings. The molecule has 1 unspecified atom stereocenters. The van der Waals surface area contributed by atoms with Crippen LogP contribution in [0.3, 0.4) is 0 Å². The number of carbonyl (C=O) groups excluding carboxylic acids is 1. The molecule has 2 N–H and O–H groups in total. The zero-order valence-corrected chi connectivity index (χ0v) is 12.4. The number of anilines is 1. The maximum atomic E-state index is 12.6. The first-order valence-electron chi connectivity index (χ1n) is 6.62. The molecule has 0 aliphatic carbocycles. The van der Waals surface area contributed by atoms with E-state index in [0.717, 1.165) is 6.20 Å². The Morgan fingerprint density at radius 2 is 1.88 bits per heavy atom. The van der Waals surface area contributed by atoms with E-state index in [2.05, 4.69) is 5.10 Å². The van der Waals surface area contributed by atoms with Crippen LogP contribution in [0.1, 0.15) is 24.2 Å². The topological polar surface area (TPSA) is 79.8 Å². The quantitative estimate of drug-likeness (QED) is 0.818. The number of H-pyrrole nitrogens is 1. The Morgan fingerprint density at radius 3 is 2.40 bits per heavy atom. The Bertz CT molecular complexity index is 836. The lowest BCUT2D eigenvalue weighted by atomic mass is 10.2. The summed E-state index contributed by atoms with van der Waals surface area (Å²) in [5, 5.41) is 5.13. The second-order valence-electron chi connectivity index (χ2n) is 4.97. The van der Waals surface area contributed by atoms with E-state index in [1.54, 1.807) is 0 Å². The van der Waals surface area contributed by atoms with Crippen molar-refractivity contribution >= 4 is 11.6 Å². The molecule has 12 heteroatoms. The number of aromatic nitrogens is 3. The number of nitrogens with zero attached hydrogens (tertiary/aromatic N) is 2. The van der Waals surface area contributed by atoms with E-state index in [0.29, 0.717) is 23.0 Å². The minimum atomic E-state index is -4.75. The van der Waals surface area contributed by atoms with Crippen LogP contribution in [0.15, 0.2) is 29.3 Å². The highest BCUT2D eigenvalue weighted by atomic mass is 19.4. The lowest BCUT2D eigenvalue weighted by molar-refractivity contribution is -0.142. The molecule has 1 atom stereocenters. The molecule has 2 aromatic heterocycles. The van der Waals surface area contributed by atoms with Gasteiger partial charge in [0.1, 0.15) is 11.7 Å². The molecule has 0 saturated heterocycles. The highest BCUT2D eigenvalue weighted by molar-refractivity contribution is 5.93. The van der Waals surface area contributed by atoms with E-state index < -0.39 is 46.8 Å². The van der Waals surface area contributed by atoms with Crippen molar-refractivity contribution in [3.63, 3.8) is 0 Å². The average molecular weight is 368 g/mol. The fourth-order valence-electron chi connectivity index (χ4n) is 1.80. The molecule has 0 saturated carbocycles. The largest absolute Gasteiger partial charge is 0.435 e. The molecule has 0 aromatic carbocycles. The summed E-state index contributed by atoms with van der Waals surface area (Å²) in [6.07, 6.45) is -8.13. The van der Waals surface area contributed by atoms with Crippen molar-refractivity contribution in [2.75, 3.05) is 5.32 Å². The molecule has 25 heavy (non-hydrogen) atoms. The molecule has 2 rings (SSSR count). The summed E-state index contributed by atoms with van der Waals surface area (Å²) in [5.74, 6) is -1.01. The molecule has 2 heterocycles. The number of amides is 1. The van der Waals surface area contributed by atoms with Gasteiger partial charge in [0.25, 0.3) is 5.56 Å². The molecule has 136 valence electrons. The molecule has 0 bridgehead atoms. The van der Waals surface area contributed by atoms with Crippen LogP contribution in [0, 0.1) is 0 Å². The van der Waals surface area contributed by atoms with Crippen LogP contribution in [0.2, 0.25) is 0 Å². The second-order valence-corrected chi connectivity index (χ2v) is 4.97. The summed E-state index contributed by atoms with van der Waals surface area (Å²) in [4.78, 5) is 25.3. The Kier molecular flexibility index (Phi) is 4.64. The first-order valence-corrected chi connectivity index (χ1v) is 6.62. The van der Waals surface area contributed by atoms with Gasteiger partial charge in [-0.05, 0) is 19.1 Å². The summed E-state index contributed by atoms with van der Waals surface area (Å²) in [6.45, 7) is 1.17. The molecule has 2 aromatic rings. The number of carbonyl (C=O) groups is 1. The summed E-state index contributed by atoms with van der Waals surface area (Å²) in [5.41, 5.74) is -4.11. The standard InChI is InChI=1S/C13H10F6N4O2/c1-6(23-3-2-9(22-23)13(17,18)19)10(24)21-8-4-7(12(14,15)16)5-20-11(8)25/h2-6H,1H3,(H,20,25)(H,21,24). The van der Waals surface area contributed by atoms with Crippen LogP contribution in [-0.2, 0) is 17.1 Å². The third-order valence-corrected chi connectivity index (χ3v) is 3.16. The van der Waals surface area contributed by atoms with Crippen LogP contribution >= 0.6 is 0 Å². The minimum Gasteiger partial charge on any atom is -0.327 e. The minimum absolute atomic E-state index is 0.424. The number of aromatic amines is 1. The number of hydrogen-bond donors (Lipinski definition) is 2. The first-order chi connectivity index (χ1) is 11.4. The van der Waals surface area contributed by atoms with E-state index in [4.69, 9.17) is 0 Å². The maximum absolute atomic E-state index is 12.6. The Morgan fingerprint density at radius 1 is 1.24 bits per heavy atom. The third kappa shape index (κ3) is 4.19. The Hall–Kier alpha value is -2.79. The fourth-order valence-corrected chi connectivity index (χ4v) is 1.80. The van der Waals surface area contributed by atoms with Crippen molar-refractivity contribution < 1.29 is 31.1 Å². The fraction of sp³-hybridized carbons (Fsp3) is 0.308. The highest BCUT2D eigenvalue weighted by Crippen LogP contribution is 2.30. The number of alkyl halides is 6. The summed E-state index contributed by atoms with van der Waals surface area (Å²) in [6, 6.07) is -0.237. The monoisotopic (exact) mass is 368 g/mol. The van der Waals surface area contributed by atoms with Gasteiger partial charge in [0.05, 0.1) is 5.56 Å². The van der Waals surface area contributed by atoms with Crippen LogP contribution in [0.5, 0.6) is 0 Å². The van der Waals surface area contributed by atoms with E-state index in [1.165, 1.54) is 6.92 Å². The molecular weight excluding hydrogens is 358 g/mol. The second kappa shape index (κ2) is 6.26. The normalized spacial score (nSPS) is 13.6. The van der Waals surface area contributed by atoms with Crippen LogP contribution < -0.4 is 10.9 Å². The molecule has 0 aliphatic rings. The average Bonchev–Trinajstić information content (AvgIpc) is 2.97. The summed E-state index contributed by atoms with van der Waals surface area (Å²) < 4.78 is 76.0. The van der Waals surface area contributed by atoms with Crippen LogP contribution in [0.4, 0.5) is 32.0 Å². The zero-order chi connectivity index (χ0) is 19.0. The van der Waals surface area contributed by atoms with Crippen molar-refractivity contribution in [3.8, 4) is 0 Å². The lowest BCUT2D eigenvalue weighted by Crippen LogP contribution is -2.28. The van der Waals surface area contributed by atoms with Gasteiger partial charge in [0.2, 0.25) is 5.91 Å². The van der Waals surface area contributed by atoms with Crippen LogP contribution in [0.25, 0.3) is 0 Å². The zero-order valence-electron chi connectivity index (χ0n) is 12.4. The van der Waals surface area contributed by atoms with Gasteiger partial charge in [-0.3, -0.25) is 14.3 Å². The molecular formula is C13H10F6N4O2. The van der Waals surface area contributed by atoms with Gasteiger partial charge in [0.15, 0.2) is 5.69 Å². The van der Waals surface area contributed by atoms with Crippen molar-refractivity contribution in [1.82, 2.24) is 14.8 Å². The van der Waals surface area contributed by atoms with Gasteiger partial charge in [-0.2, -0.15) is 31.4 Å². The van der Waals surface area contributed by atoms with E-state index in [-0.39, 0.29) is 0 Å². The van der Waals surface area contributed by atoms with Crippen molar-refractivity contribution in [1.29, 1.82) is 0 Å². The van der Waals surface area contributed by atoms with E-state index >= 15 is 0 Å². The first kappa shape index (κ1) is 18.5. The Balaban J connectivity index is 2.22. The van der Waals surface area contributed by atoms with Gasteiger partial charge >= 0.3 is 12.4 Å². The van der Waals surface area contributed by atoms with Gasteiger partial charge in [0, 0.05) is 12.4 Å². The van der Waals surface area contributed by atoms with Crippen molar-refractivity contribution in [2.45, 2.75) is 25.3 Å². The number of nitrogens with one attached hydrogen (secondary N) is 2. The summed E-state index contributed by atoms with van der Waals surface area (Å²) in [7, 11) is 0. The number of hydrogen-bond acceptors (Lipinski definition) is 3. The summed E-state index contributed by atoms with van der Waals surface area (Å²) >= 11 is 0. The smallest absolute Gasteiger partial charge is 0.327 e. The molecule has 6 nitrogen and oxygen atoms in total. The van der Waals surface area contributed by atoms with Gasteiger partial charge in [-0.25, -0.2) is 0 Å². The SMILES string of the molecule is CC(C(=O)Nc1cc(C(F)(F)F)c[nH]c1=O)n1ccc(C(F)(F)F)n1. The number of halogens is 6. The molecule has 0 aliphatic heterocycles. The molecule has 0 radical (unpaired) electrons. The van der Waals surface area contributed by atoms with Crippen molar-refractivity contribution in [3.05, 3.63) is 46.1 Å². The van der Waals surface area contributed by atoms with Gasteiger partial charge in [-0.15, -0.1) is 0 Å². The predicted molar refractivity (Wildman–Crippen MR) is 72.6 cm³/mol. The van der Waals surface area contributed by atoms with Crippen LogP contribution in [-0.4, -0.2) is 20.7 Å². The van der Waals surface area contributed by atoms with Gasteiger partial charge < -0.3 is 10.3 Å². The van der Waals surface area contributed by atoms with E-state index in [1.807, 2.05) is 10.3 Å². The molecule has 0 spiro atoms. The lowest BCUT2D eigenvalue weighted by Gasteiger charge is -2.13. The maximum Gasteiger partial charge on any atom is 0.435 e. The predicted octanol–water partition coefficient (Wildman–Crippen LogP) is 2.81. The molecule has 1 amide bonds. The Labute approximate surface area is 135 Å². The third-order valence-electron chi connectivity index (χ3n) is 3.16.